The van der Waals surface area contributed by atoms with Crippen LogP contribution in [0.5, 0.6) is 5.75 Å². The standard InChI is InChI=1S/C29H35ClF2N4O5/c1-16-4-5-21(10-22(16)30)40-27(39)28(6-8-29(31,32)9-7-28)23(11-24(33)37)35-12-19-14-36(15-20(19)13-35)26(38)25-17(2)34-41-18(25)3/h4-5,10,19-20,23H,6-9,11-15H2,1-3H3,(H2,33,37). The van der Waals surface area contributed by atoms with Crippen molar-refractivity contribution in [1.29, 1.82) is 0 Å². The highest BCUT2D eigenvalue weighted by Gasteiger charge is 2.57. The lowest BCUT2D eigenvalue weighted by atomic mass is 9.66. The number of likely N-dealkylation sites (tertiary alicyclic amines) is 2. The lowest BCUT2D eigenvalue weighted by molar-refractivity contribution is -0.162. The molecule has 3 atom stereocenters. The number of halogens is 3. The van der Waals surface area contributed by atoms with Crippen molar-refractivity contribution >= 4 is 29.4 Å². The predicted molar refractivity (Wildman–Crippen MR) is 146 cm³/mol. The highest BCUT2D eigenvalue weighted by molar-refractivity contribution is 6.31. The first-order valence-electron chi connectivity index (χ1n) is 13.9. The maximum absolute atomic E-state index is 14.4. The first-order chi connectivity index (χ1) is 19.3. The van der Waals surface area contributed by atoms with Crippen LogP contribution in [-0.2, 0) is 9.59 Å². The molecule has 3 unspecified atom stereocenters. The second kappa shape index (κ2) is 11.0. The Kier molecular flexibility index (Phi) is 7.88. The van der Waals surface area contributed by atoms with Gasteiger partial charge in [0.1, 0.15) is 17.1 Å². The molecule has 0 bridgehead atoms. The van der Waals surface area contributed by atoms with Crippen LogP contribution in [0.4, 0.5) is 8.78 Å². The molecule has 1 aliphatic carbocycles. The van der Waals surface area contributed by atoms with Gasteiger partial charge in [-0.05, 0) is 63.1 Å². The van der Waals surface area contributed by atoms with Crippen LogP contribution in [0.2, 0.25) is 5.02 Å². The molecule has 41 heavy (non-hydrogen) atoms. The molecule has 5 rings (SSSR count). The van der Waals surface area contributed by atoms with Crippen LogP contribution < -0.4 is 10.5 Å². The average molecular weight is 593 g/mol. The number of amides is 2. The fourth-order valence-electron chi connectivity index (χ4n) is 6.84. The number of nitrogens with two attached hydrogens (primary N) is 1. The Balaban J connectivity index is 1.38. The number of fused-ring (bicyclic) bond motifs is 1. The van der Waals surface area contributed by atoms with Crippen LogP contribution >= 0.6 is 11.6 Å². The summed E-state index contributed by atoms with van der Waals surface area (Å²) in [4.78, 5) is 43.3. The molecule has 3 heterocycles. The molecule has 1 saturated carbocycles. The quantitative estimate of drug-likeness (QED) is 0.376. The van der Waals surface area contributed by atoms with Gasteiger partial charge in [-0.3, -0.25) is 19.3 Å². The van der Waals surface area contributed by atoms with Crippen molar-refractivity contribution in [3.63, 3.8) is 0 Å². The van der Waals surface area contributed by atoms with Crippen molar-refractivity contribution in [3.05, 3.63) is 45.8 Å². The molecule has 222 valence electrons. The SMILES string of the molecule is Cc1ccc(OC(=O)C2(C(CC(N)=O)N3CC4CN(C(=O)c5c(C)noc5C)CC4C3)CCC(F)(F)CC2)cc1Cl. The van der Waals surface area contributed by atoms with Crippen molar-refractivity contribution in [1.82, 2.24) is 15.0 Å². The third kappa shape index (κ3) is 5.70. The normalized spacial score (nSPS) is 24.2. The maximum Gasteiger partial charge on any atom is 0.319 e. The zero-order chi connectivity index (χ0) is 29.7. The molecule has 9 nitrogen and oxygen atoms in total. The van der Waals surface area contributed by atoms with Crippen molar-refractivity contribution < 1.29 is 32.4 Å². The lowest BCUT2D eigenvalue weighted by Crippen LogP contribution is -2.57. The minimum Gasteiger partial charge on any atom is -0.426 e. The van der Waals surface area contributed by atoms with E-state index in [1.54, 1.807) is 30.9 Å². The van der Waals surface area contributed by atoms with Gasteiger partial charge in [0.25, 0.3) is 5.91 Å². The summed E-state index contributed by atoms with van der Waals surface area (Å²) in [6, 6.07) is 4.12. The summed E-state index contributed by atoms with van der Waals surface area (Å²) in [5.74, 6) is -3.47. The molecule has 3 aliphatic rings. The third-order valence-corrected chi connectivity index (χ3v) is 9.56. The van der Waals surface area contributed by atoms with E-state index < -0.39 is 42.1 Å². The number of rotatable bonds is 7. The molecule has 2 aliphatic heterocycles. The predicted octanol–water partition coefficient (Wildman–Crippen LogP) is 4.30. The number of hydrogen-bond acceptors (Lipinski definition) is 7. The highest BCUT2D eigenvalue weighted by atomic mass is 35.5. The molecule has 0 radical (unpaired) electrons. The van der Waals surface area contributed by atoms with E-state index in [1.165, 1.54) is 6.07 Å². The minimum atomic E-state index is -2.91. The average Bonchev–Trinajstić information content (AvgIpc) is 3.58. The summed E-state index contributed by atoms with van der Waals surface area (Å²) in [6.07, 6.45) is -1.44. The first kappa shape index (κ1) is 29.4. The van der Waals surface area contributed by atoms with Gasteiger partial charge in [-0.2, -0.15) is 0 Å². The van der Waals surface area contributed by atoms with Gasteiger partial charge in [0.05, 0.1) is 11.1 Å². The van der Waals surface area contributed by atoms with Gasteiger partial charge >= 0.3 is 5.97 Å². The summed E-state index contributed by atoms with van der Waals surface area (Å²) in [5, 5.41) is 4.30. The van der Waals surface area contributed by atoms with Crippen LogP contribution in [0.3, 0.4) is 0 Å². The molecule has 2 saturated heterocycles. The van der Waals surface area contributed by atoms with Crippen molar-refractivity contribution in [2.75, 3.05) is 26.2 Å². The molecule has 12 heteroatoms. The van der Waals surface area contributed by atoms with Crippen LogP contribution in [-0.4, -0.2) is 70.9 Å². The molecule has 3 fully saturated rings. The Labute approximate surface area is 242 Å². The summed E-state index contributed by atoms with van der Waals surface area (Å²) in [7, 11) is 0. The van der Waals surface area contributed by atoms with E-state index in [2.05, 4.69) is 5.16 Å². The Morgan fingerprint density at radius 3 is 2.27 bits per heavy atom. The summed E-state index contributed by atoms with van der Waals surface area (Å²) in [5.41, 5.74) is 6.12. The van der Waals surface area contributed by atoms with Crippen LogP contribution in [0.25, 0.3) is 0 Å². The van der Waals surface area contributed by atoms with Crippen molar-refractivity contribution in [2.45, 2.75) is 64.8 Å². The Hall–Kier alpha value is -3.05. The number of hydrogen-bond donors (Lipinski definition) is 1. The Morgan fingerprint density at radius 2 is 1.73 bits per heavy atom. The number of esters is 1. The molecule has 1 aromatic heterocycles. The molecular formula is C29H35ClF2N4O5. The van der Waals surface area contributed by atoms with Gasteiger partial charge in [0.15, 0.2) is 0 Å². The van der Waals surface area contributed by atoms with E-state index in [0.717, 1.165) is 5.56 Å². The third-order valence-electron chi connectivity index (χ3n) is 9.16. The van der Waals surface area contributed by atoms with Gasteiger partial charge in [-0.15, -0.1) is 0 Å². The van der Waals surface area contributed by atoms with E-state index >= 15 is 0 Å². The Morgan fingerprint density at radius 1 is 1.10 bits per heavy atom. The Bertz CT molecular complexity index is 1320. The molecule has 2 N–H and O–H groups in total. The van der Waals surface area contributed by atoms with Gasteiger partial charge in [0, 0.05) is 56.5 Å². The lowest BCUT2D eigenvalue weighted by Gasteiger charge is -2.46. The van der Waals surface area contributed by atoms with Crippen LogP contribution in [0, 0.1) is 38.0 Å². The molecular weight excluding hydrogens is 558 g/mol. The smallest absolute Gasteiger partial charge is 0.319 e. The topological polar surface area (TPSA) is 119 Å². The second-order valence-corrected chi connectivity index (χ2v) is 12.3. The van der Waals surface area contributed by atoms with E-state index in [9.17, 15) is 23.2 Å². The monoisotopic (exact) mass is 592 g/mol. The first-order valence-corrected chi connectivity index (χ1v) is 14.3. The second-order valence-electron chi connectivity index (χ2n) is 11.9. The molecule has 2 amide bonds. The number of aryl methyl sites for hydroxylation is 3. The van der Waals surface area contributed by atoms with Crippen LogP contribution in [0.15, 0.2) is 22.7 Å². The zero-order valence-corrected chi connectivity index (χ0v) is 24.2. The largest absolute Gasteiger partial charge is 0.426 e. The number of benzene rings is 1. The number of carbonyl (C=O) groups excluding carboxylic acids is 3. The highest BCUT2D eigenvalue weighted by Crippen LogP contribution is 2.50. The van der Waals surface area contributed by atoms with Crippen molar-refractivity contribution in [3.8, 4) is 5.75 Å². The van der Waals surface area contributed by atoms with E-state index in [0.29, 0.717) is 48.2 Å². The number of ether oxygens (including phenoxy) is 1. The van der Waals surface area contributed by atoms with E-state index in [-0.39, 0.29) is 42.8 Å². The number of nitrogens with zero attached hydrogens (tertiary/aromatic N) is 3. The number of aromatic nitrogens is 1. The van der Waals surface area contributed by atoms with Gasteiger partial charge < -0.3 is 19.9 Å². The van der Waals surface area contributed by atoms with E-state index in [4.69, 9.17) is 26.6 Å². The zero-order valence-electron chi connectivity index (χ0n) is 23.4. The number of alkyl halides is 2. The fraction of sp³-hybridized carbons (Fsp3) is 0.586. The van der Waals surface area contributed by atoms with Gasteiger partial charge in [0.2, 0.25) is 11.8 Å². The summed E-state index contributed by atoms with van der Waals surface area (Å²) < 4.78 is 39.7. The van der Waals surface area contributed by atoms with Crippen LogP contribution in [0.1, 0.15) is 59.5 Å². The molecule has 2 aromatic rings. The fourth-order valence-corrected chi connectivity index (χ4v) is 7.01. The maximum atomic E-state index is 14.4. The molecule has 1 aromatic carbocycles. The number of carbonyl (C=O) groups is 3. The number of primary amides is 1. The summed E-state index contributed by atoms with van der Waals surface area (Å²) in [6.45, 7) is 7.22. The van der Waals surface area contributed by atoms with Crippen molar-refractivity contribution in [2.24, 2.45) is 23.0 Å². The van der Waals surface area contributed by atoms with Gasteiger partial charge in [-0.25, -0.2) is 8.78 Å². The molecule has 0 spiro atoms. The minimum absolute atomic E-state index is 0.0869. The van der Waals surface area contributed by atoms with E-state index in [1.807, 2.05) is 11.8 Å². The van der Waals surface area contributed by atoms with Gasteiger partial charge in [-0.1, -0.05) is 22.8 Å². The summed E-state index contributed by atoms with van der Waals surface area (Å²) >= 11 is 6.23.